The maximum absolute atomic E-state index is 11.3. The Labute approximate surface area is 126 Å². The van der Waals surface area contributed by atoms with Crippen LogP contribution in [0.3, 0.4) is 0 Å². The molecule has 0 aliphatic carbocycles. The van der Waals surface area contributed by atoms with Gasteiger partial charge in [-0.25, -0.2) is 0 Å². The molecule has 1 atom stereocenters. The minimum Gasteiger partial charge on any atom is -0.343 e. The molecule has 0 unspecified atom stereocenters. The first-order valence-corrected chi connectivity index (χ1v) is 8.43. The van der Waals surface area contributed by atoms with Crippen molar-refractivity contribution < 1.29 is 4.79 Å². The maximum Gasteiger partial charge on any atom is 0.219 e. The summed E-state index contributed by atoms with van der Waals surface area (Å²) in [4.78, 5) is 16.1. The molecule has 1 aromatic rings. The van der Waals surface area contributed by atoms with E-state index in [4.69, 9.17) is 0 Å². The molecular weight excluding hydrogens is 268 g/mol. The number of nitrogens with zero attached hydrogens (tertiary/aromatic N) is 1. The Morgan fingerprint density at radius 3 is 2.70 bits per heavy atom. The lowest BCUT2D eigenvalue weighted by Gasteiger charge is -2.31. The number of amides is 1. The molecule has 2 heterocycles. The van der Waals surface area contributed by atoms with Gasteiger partial charge in [0.25, 0.3) is 0 Å². The molecule has 1 saturated heterocycles. The van der Waals surface area contributed by atoms with Crippen molar-refractivity contribution in [1.82, 2.24) is 10.2 Å². The van der Waals surface area contributed by atoms with Gasteiger partial charge in [-0.15, -0.1) is 11.3 Å². The molecule has 0 radical (unpaired) electrons. The third-order valence-electron chi connectivity index (χ3n) is 4.25. The second kappa shape index (κ2) is 7.23. The van der Waals surface area contributed by atoms with Gasteiger partial charge in [0.1, 0.15) is 0 Å². The fraction of sp³-hybridized carbons (Fsp3) is 0.688. The number of aryl methyl sites for hydroxylation is 1. The van der Waals surface area contributed by atoms with Gasteiger partial charge in [-0.2, -0.15) is 0 Å². The third-order valence-corrected chi connectivity index (χ3v) is 5.43. The first-order chi connectivity index (χ1) is 9.56. The Balaban J connectivity index is 1.65. The first kappa shape index (κ1) is 15.5. The van der Waals surface area contributed by atoms with Crippen molar-refractivity contribution in [3.63, 3.8) is 0 Å². The molecule has 1 N–H and O–H groups in total. The maximum atomic E-state index is 11.3. The van der Waals surface area contributed by atoms with Gasteiger partial charge >= 0.3 is 0 Å². The molecule has 2 rings (SSSR count). The van der Waals surface area contributed by atoms with Crippen LogP contribution >= 0.6 is 11.3 Å². The predicted octanol–water partition coefficient (Wildman–Crippen LogP) is 3.36. The zero-order chi connectivity index (χ0) is 14.5. The number of thiophene rings is 1. The van der Waals surface area contributed by atoms with Gasteiger partial charge in [0, 0.05) is 35.8 Å². The monoisotopic (exact) mass is 294 g/mol. The normalized spacial score (nSPS) is 18.2. The van der Waals surface area contributed by atoms with Crippen molar-refractivity contribution in [2.75, 3.05) is 19.6 Å². The number of rotatable bonds is 5. The van der Waals surface area contributed by atoms with Crippen LogP contribution in [0.15, 0.2) is 12.1 Å². The molecular formula is C16H26N2OS. The summed E-state index contributed by atoms with van der Waals surface area (Å²) in [7, 11) is 0. The number of carbonyl (C=O) groups excluding carboxylic acids is 1. The van der Waals surface area contributed by atoms with Gasteiger partial charge in [0.15, 0.2) is 0 Å². The van der Waals surface area contributed by atoms with E-state index >= 15 is 0 Å². The second-order valence-corrected chi connectivity index (χ2v) is 7.18. The topological polar surface area (TPSA) is 32.3 Å². The quantitative estimate of drug-likeness (QED) is 0.903. The summed E-state index contributed by atoms with van der Waals surface area (Å²) >= 11 is 1.88. The Hall–Kier alpha value is -0.870. The lowest BCUT2D eigenvalue weighted by Crippen LogP contribution is -2.37. The van der Waals surface area contributed by atoms with E-state index in [0.29, 0.717) is 6.04 Å². The predicted molar refractivity (Wildman–Crippen MR) is 85.1 cm³/mol. The summed E-state index contributed by atoms with van der Waals surface area (Å²) in [6.07, 6.45) is 3.54. The largest absolute Gasteiger partial charge is 0.343 e. The van der Waals surface area contributed by atoms with Crippen LogP contribution < -0.4 is 5.32 Å². The molecule has 0 aromatic carbocycles. The average molecular weight is 294 g/mol. The van der Waals surface area contributed by atoms with Crippen LogP contribution in [-0.4, -0.2) is 30.4 Å². The van der Waals surface area contributed by atoms with E-state index in [-0.39, 0.29) is 5.91 Å². The van der Waals surface area contributed by atoms with Crippen LogP contribution in [0.5, 0.6) is 0 Å². The molecule has 0 saturated carbocycles. The number of piperidine rings is 1. The summed E-state index contributed by atoms with van der Waals surface area (Å²) in [6, 6.07) is 4.87. The Morgan fingerprint density at radius 1 is 1.45 bits per heavy atom. The highest BCUT2D eigenvalue weighted by Gasteiger charge is 2.20. The van der Waals surface area contributed by atoms with Crippen LogP contribution in [-0.2, 0) is 4.79 Å². The van der Waals surface area contributed by atoms with Gasteiger partial charge < -0.3 is 10.2 Å². The first-order valence-electron chi connectivity index (χ1n) is 7.61. The minimum atomic E-state index is 0.225. The molecule has 1 fully saturated rings. The third kappa shape index (κ3) is 4.32. The molecule has 0 bridgehead atoms. The molecule has 3 nitrogen and oxygen atoms in total. The summed E-state index contributed by atoms with van der Waals surface area (Å²) in [5.74, 6) is 0.999. The molecule has 0 spiro atoms. The fourth-order valence-electron chi connectivity index (χ4n) is 2.83. The van der Waals surface area contributed by atoms with Gasteiger partial charge in [0.2, 0.25) is 5.91 Å². The minimum absolute atomic E-state index is 0.225. The summed E-state index contributed by atoms with van der Waals surface area (Å²) in [5, 5.41) is 3.62. The highest BCUT2D eigenvalue weighted by Crippen LogP contribution is 2.23. The Morgan fingerprint density at radius 2 is 2.15 bits per heavy atom. The molecule has 20 heavy (non-hydrogen) atoms. The van der Waals surface area contributed by atoms with E-state index in [1.54, 1.807) is 6.92 Å². The zero-order valence-corrected chi connectivity index (χ0v) is 13.6. The van der Waals surface area contributed by atoms with Crippen LogP contribution in [0.4, 0.5) is 0 Å². The number of hydrogen-bond acceptors (Lipinski definition) is 3. The van der Waals surface area contributed by atoms with Crippen LogP contribution in [0.2, 0.25) is 0 Å². The number of nitrogens with one attached hydrogen (secondary N) is 1. The van der Waals surface area contributed by atoms with Gasteiger partial charge in [-0.05, 0) is 57.7 Å². The second-order valence-electron chi connectivity index (χ2n) is 5.86. The number of likely N-dealkylation sites (tertiary alicyclic amines) is 1. The van der Waals surface area contributed by atoms with E-state index < -0.39 is 0 Å². The summed E-state index contributed by atoms with van der Waals surface area (Å²) in [6.45, 7) is 9.03. The van der Waals surface area contributed by atoms with Crippen molar-refractivity contribution in [3.8, 4) is 0 Å². The van der Waals surface area contributed by atoms with E-state index in [0.717, 1.165) is 38.4 Å². The van der Waals surface area contributed by atoms with E-state index in [1.807, 2.05) is 16.2 Å². The lowest BCUT2D eigenvalue weighted by atomic mass is 9.93. The standard InChI is InChI=1S/C16H26N2OS/c1-12-4-5-16(20-12)13(2)17-9-6-15-7-10-18(11-8-15)14(3)19/h4-5,13,15,17H,6-11H2,1-3H3/t13-/m1/s1. The van der Waals surface area contributed by atoms with Crippen molar-refractivity contribution in [2.24, 2.45) is 5.92 Å². The van der Waals surface area contributed by atoms with E-state index in [9.17, 15) is 4.79 Å². The van der Waals surface area contributed by atoms with Crippen LogP contribution in [0.1, 0.15) is 48.9 Å². The van der Waals surface area contributed by atoms with Gasteiger partial charge in [0.05, 0.1) is 0 Å². The van der Waals surface area contributed by atoms with E-state index in [1.165, 1.54) is 16.2 Å². The number of hydrogen-bond donors (Lipinski definition) is 1. The van der Waals surface area contributed by atoms with Crippen molar-refractivity contribution in [3.05, 3.63) is 21.9 Å². The molecule has 1 aromatic heterocycles. The summed E-state index contributed by atoms with van der Waals surface area (Å²) in [5.41, 5.74) is 0. The molecule has 1 aliphatic heterocycles. The Bertz CT molecular complexity index is 435. The van der Waals surface area contributed by atoms with Crippen LogP contribution in [0.25, 0.3) is 0 Å². The van der Waals surface area contributed by atoms with Crippen molar-refractivity contribution >= 4 is 17.2 Å². The molecule has 112 valence electrons. The fourth-order valence-corrected chi connectivity index (χ4v) is 3.73. The van der Waals surface area contributed by atoms with E-state index in [2.05, 4.69) is 31.3 Å². The SMILES string of the molecule is CC(=O)N1CCC(CCN[C@H](C)c2ccc(C)s2)CC1. The Kier molecular flexibility index (Phi) is 5.61. The van der Waals surface area contributed by atoms with Crippen molar-refractivity contribution in [2.45, 2.75) is 46.1 Å². The van der Waals surface area contributed by atoms with Gasteiger partial charge in [-0.1, -0.05) is 0 Å². The highest BCUT2D eigenvalue weighted by atomic mass is 32.1. The summed E-state index contributed by atoms with van der Waals surface area (Å²) < 4.78 is 0. The lowest BCUT2D eigenvalue weighted by molar-refractivity contribution is -0.130. The molecule has 1 aliphatic rings. The number of carbonyl (C=O) groups is 1. The zero-order valence-electron chi connectivity index (χ0n) is 12.8. The van der Waals surface area contributed by atoms with Gasteiger partial charge in [-0.3, -0.25) is 4.79 Å². The molecule has 1 amide bonds. The van der Waals surface area contributed by atoms with Crippen LogP contribution in [0, 0.1) is 12.8 Å². The smallest absolute Gasteiger partial charge is 0.219 e. The highest BCUT2D eigenvalue weighted by molar-refractivity contribution is 7.12. The average Bonchev–Trinajstić information content (AvgIpc) is 2.86. The van der Waals surface area contributed by atoms with Crippen molar-refractivity contribution in [1.29, 1.82) is 0 Å². The molecule has 4 heteroatoms.